The number of hydrogen-bond donors (Lipinski definition) is 7. The summed E-state index contributed by atoms with van der Waals surface area (Å²) >= 11 is 0. The summed E-state index contributed by atoms with van der Waals surface area (Å²) in [6.07, 6.45) is 1.55. The molecule has 3 aromatic rings. The fourth-order valence-electron chi connectivity index (χ4n) is 4.80. The van der Waals surface area contributed by atoms with Gasteiger partial charge in [-0.3, -0.25) is 24.0 Å². The maximum atomic E-state index is 13.2. The summed E-state index contributed by atoms with van der Waals surface area (Å²) in [4.78, 5) is 75.8. The van der Waals surface area contributed by atoms with Gasteiger partial charge in [0.2, 0.25) is 29.5 Å². The number of amides is 5. The monoisotopic (exact) mass is 650 g/mol. The number of aryl methyl sites for hydroxylation is 1. The first kappa shape index (κ1) is 36.2. The number of nitrogens with one attached hydrogen (secondary N) is 5. The second-order valence-corrected chi connectivity index (χ2v) is 11.4. The first-order chi connectivity index (χ1) is 22.3. The quantitative estimate of drug-likeness (QED) is 0.0923. The van der Waals surface area contributed by atoms with Crippen molar-refractivity contribution in [1.29, 1.82) is 0 Å². The number of carbonyl (C=O) groups excluding carboxylic acids is 5. The first-order valence-corrected chi connectivity index (χ1v) is 15.3. The lowest BCUT2D eigenvalue weighted by atomic mass is 10.0. The summed E-state index contributed by atoms with van der Waals surface area (Å²) < 4.78 is 5.26. The SMILES string of the molecule is CC(=O)NC(Cc1ccc(O)cc1)C(=O)NC(C)C(=O)NC(C)C(=O)NC(CCCCN)C(=O)Nc1ccc2c(C)cc(=O)oc2c1. The molecule has 0 spiro atoms. The predicted octanol–water partition coefficient (Wildman–Crippen LogP) is 1.12. The second kappa shape index (κ2) is 16.9. The topological polar surface area (TPSA) is 222 Å². The highest BCUT2D eigenvalue weighted by Gasteiger charge is 2.28. The molecule has 0 aliphatic heterocycles. The number of rotatable bonds is 15. The van der Waals surface area contributed by atoms with Gasteiger partial charge in [0.25, 0.3) is 0 Å². The van der Waals surface area contributed by atoms with E-state index in [4.69, 9.17) is 10.2 Å². The normalized spacial score (nSPS) is 13.5. The summed E-state index contributed by atoms with van der Waals surface area (Å²) in [7, 11) is 0. The molecule has 0 fully saturated rings. The molecule has 0 saturated heterocycles. The van der Waals surface area contributed by atoms with Gasteiger partial charge in [-0.05, 0) is 82.0 Å². The standard InChI is InChI=1S/C33H42N6O8/c1-18-15-29(42)47-28-17-23(10-13-25(18)28)38-32(45)26(7-5-6-14-34)39-31(44)20(3)35-30(43)19(2)36-33(46)27(37-21(4)40)16-22-8-11-24(41)12-9-22/h8-13,15,17,19-20,26-27,41H,5-7,14,16,34H2,1-4H3,(H,35,43)(H,36,46)(H,37,40)(H,38,45)(H,39,44). The fraction of sp³-hybridized carbons (Fsp3) is 0.394. The number of nitrogens with two attached hydrogens (primary N) is 1. The van der Waals surface area contributed by atoms with Crippen molar-refractivity contribution in [3.8, 4) is 5.75 Å². The van der Waals surface area contributed by atoms with Crippen LogP contribution in [0.2, 0.25) is 0 Å². The molecule has 252 valence electrons. The van der Waals surface area contributed by atoms with E-state index < -0.39 is 59.3 Å². The number of unbranched alkanes of at least 4 members (excludes halogenated alkanes) is 1. The average Bonchev–Trinajstić information content (AvgIpc) is 3.00. The van der Waals surface area contributed by atoms with Gasteiger partial charge >= 0.3 is 5.63 Å². The first-order valence-electron chi connectivity index (χ1n) is 15.3. The van der Waals surface area contributed by atoms with E-state index in [1.807, 2.05) is 0 Å². The lowest BCUT2D eigenvalue weighted by Gasteiger charge is -2.24. The second-order valence-electron chi connectivity index (χ2n) is 11.4. The average molecular weight is 651 g/mol. The lowest BCUT2D eigenvalue weighted by Crippen LogP contribution is -2.56. The third-order valence-electron chi connectivity index (χ3n) is 7.37. The van der Waals surface area contributed by atoms with Gasteiger partial charge < -0.3 is 41.8 Å². The van der Waals surface area contributed by atoms with Crippen LogP contribution >= 0.6 is 0 Å². The zero-order valence-corrected chi connectivity index (χ0v) is 26.8. The van der Waals surface area contributed by atoms with Gasteiger partial charge in [0.15, 0.2) is 0 Å². The van der Waals surface area contributed by atoms with Gasteiger partial charge in [0, 0.05) is 36.6 Å². The van der Waals surface area contributed by atoms with Gasteiger partial charge in [-0.15, -0.1) is 0 Å². The van der Waals surface area contributed by atoms with Crippen molar-refractivity contribution in [2.24, 2.45) is 5.73 Å². The van der Waals surface area contributed by atoms with Crippen LogP contribution in [0.25, 0.3) is 11.0 Å². The molecule has 3 rings (SSSR count). The summed E-state index contributed by atoms with van der Waals surface area (Å²) in [5, 5.41) is 23.3. The molecule has 1 aromatic heterocycles. The van der Waals surface area contributed by atoms with Gasteiger partial charge in [-0.2, -0.15) is 0 Å². The van der Waals surface area contributed by atoms with E-state index in [2.05, 4.69) is 26.6 Å². The number of phenols is 1. The Morgan fingerprint density at radius 3 is 2.09 bits per heavy atom. The summed E-state index contributed by atoms with van der Waals surface area (Å²) in [6.45, 7) is 6.31. The van der Waals surface area contributed by atoms with E-state index in [9.17, 15) is 33.9 Å². The Kier molecular flexibility index (Phi) is 13.0. The van der Waals surface area contributed by atoms with E-state index in [0.717, 1.165) is 5.56 Å². The number of carbonyl (C=O) groups is 5. The summed E-state index contributed by atoms with van der Waals surface area (Å²) in [5.41, 5.74) is 7.17. The molecule has 8 N–H and O–H groups in total. The Morgan fingerprint density at radius 2 is 1.45 bits per heavy atom. The van der Waals surface area contributed by atoms with Crippen LogP contribution < -0.4 is 37.9 Å². The van der Waals surface area contributed by atoms with Crippen molar-refractivity contribution >= 4 is 46.2 Å². The molecule has 0 saturated carbocycles. The van der Waals surface area contributed by atoms with Crippen molar-refractivity contribution in [2.45, 2.75) is 77.5 Å². The van der Waals surface area contributed by atoms with Crippen molar-refractivity contribution < 1.29 is 33.5 Å². The van der Waals surface area contributed by atoms with Crippen LogP contribution in [-0.2, 0) is 30.4 Å². The van der Waals surface area contributed by atoms with Crippen molar-refractivity contribution in [3.63, 3.8) is 0 Å². The molecule has 14 nitrogen and oxygen atoms in total. The molecular formula is C33H42N6O8. The van der Waals surface area contributed by atoms with E-state index in [0.29, 0.717) is 41.6 Å². The maximum absolute atomic E-state index is 13.2. The van der Waals surface area contributed by atoms with Crippen LogP contribution in [-0.4, -0.2) is 65.4 Å². The van der Waals surface area contributed by atoms with Crippen LogP contribution in [0.4, 0.5) is 5.69 Å². The van der Waals surface area contributed by atoms with E-state index >= 15 is 0 Å². The van der Waals surface area contributed by atoms with Crippen LogP contribution in [0.15, 0.2) is 57.7 Å². The van der Waals surface area contributed by atoms with E-state index in [-0.39, 0.29) is 18.6 Å². The predicted molar refractivity (Wildman–Crippen MR) is 175 cm³/mol. The molecule has 0 radical (unpaired) electrons. The van der Waals surface area contributed by atoms with Crippen LogP contribution in [0.1, 0.15) is 51.2 Å². The number of benzene rings is 2. The number of hydrogen-bond acceptors (Lipinski definition) is 9. The van der Waals surface area contributed by atoms with Gasteiger partial charge in [0.1, 0.15) is 35.5 Å². The number of fused-ring (bicyclic) bond motifs is 1. The summed E-state index contributed by atoms with van der Waals surface area (Å²) in [6, 6.07) is 8.30. The molecule has 47 heavy (non-hydrogen) atoms. The Labute approximate surface area is 271 Å². The number of phenolic OH excluding ortho intramolecular Hbond substituents is 1. The van der Waals surface area contributed by atoms with Crippen molar-refractivity contribution in [1.82, 2.24) is 21.3 Å². The highest BCUT2D eigenvalue weighted by atomic mass is 16.4. The van der Waals surface area contributed by atoms with Gasteiger partial charge in [-0.25, -0.2) is 4.79 Å². The zero-order valence-electron chi connectivity index (χ0n) is 26.8. The Morgan fingerprint density at radius 1 is 0.809 bits per heavy atom. The minimum absolute atomic E-state index is 0.0522. The van der Waals surface area contributed by atoms with Crippen LogP contribution in [0, 0.1) is 6.92 Å². The van der Waals surface area contributed by atoms with Gasteiger partial charge in [-0.1, -0.05) is 12.1 Å². The van der Waals surface area contributed by atoms with Gasteiger partial charge in [0.05, 0.1) is 0 Å². The molecule has 0 aliphatic rings. The molecule has 14 heteroatoms. The number of aromatic hydroxyl groups is 1. The Bertz CT molecular complexity index is 1660. The molecule has 4 atom stereocenters. The third-order valence-corrected chi connectivity index (χ3v) is 7.37. The fourth-order valence-corrected chi connectivity index (χ4v) is 4.80. The largest absolute Gasteiger partial charge is 0.508 e. The zero-order chi connectivity index (χ0) is 34.7. The van der Waals surface area contributed by atoms with Crippen molar-refractivity contribution in [3.05, 3.63) is 70.1 Å². The highest BCUT2D eigenvalue weighted by Crippen LogP contribution is 2.21. The molecular weight excluding hydrogens is 608 g/mol. The highest BCUT2D eigenvalue weighted by molar-refractivity contribution is 6.00. The third kappa shape index (κ3) is 11.0. The minimum atomic E-state index is -1.08. The molecule has 0 bridgehead atoms. The minimum Gasteiger partial charge on any atom is -0.508 e. The van der Waals surface area contributed by atoms with E-state index in [1.165, 1.54) is 45.0 Å². The molecule has 2 aromatic carbocycles. The Balaban J connectivity index is 1.62. The molecule has 1 heterocycles. The van der Waals surface area contributed by atoms with Crippen LogP contribution in [0.5, 0.6) is 5.75 Å². The molecule has 5 amide bonds. The van der Waals surface area contributed by atoms with Crippen molar-refractivity contribution in [2.75, 3.05) is 11.9 Å². The lowest BCUT2D eigenvalue weighted by molar-refractivity contribution is -0.133. The Hall–Kier alpha value is -5.24. The number of anilines is 1. The molecule has 0 aliphatic carbocycles. The maximum Gasteiger partial charge on any atom is 0.336 e. The summed E-state index contributed by atoms with van der Waals surface area (Å²) in [5.74, 6) is -2.82. The van der Waals surface area contributed by atoms with Crippen LogP contribution in [0.3, 0.4) is 0 Å². The molecule has 4 unspecified atom stereocenters. The smallest absolute Gasteiger partial charge is 0.336 e. The van der Waals surface area contributed by atoms with E-state index in [1.54, 1.807) is 31.2 Å².